The van der Waals surface area contributed by atoms with Crippen molar-refractivity contribution in [1.29, 1.82) is 0 Å². The lowest BCUT2D eigenvalue weighted by molar-refractivity contribution is -0.135. The van der Waals surface area contributed by atoms with Crippen molar-refractivity contribution >= 4 is 41.3 Å². The number of aryl methyl sites for hydroxylation is 1. The molecule has 0 aromatic carbocycles. The van der Waals surface area contributed by atoms with E-state index in [1.807, 2.05) is 23.3 Å². The van der Waals surface area contributed by atoms with E-state index in [-0.39, 0.29) is 30.4 Å². The Hall–Kier alpha value is -0.290. The van der Waals surface area contributed by atoms with Gasteiger partial charge in [-0.15, -0.1) is 23.7 Å². The second-order valence-corrected chi connectivity index (χ2v) is 6.67. The molecule has 1 aliphatic heterocycles. The third kappa shape index (κ3) is 4.62. The van der Waals surface area contributed by atoms with Gasteiger partial charge in [0.1, 0.15) is 0 Å². The Bertz CT molecular complexity index is 437. The average Bonchev–Trinajstić information content (AvgIpc) is 2.81. The van der Waals surface area contributed by atoms with Crippen LogP contribution in [0.4, 0.5) is 0 Å². The van der Waals surface area contributed by atoms with Crippen LogP contribution in [0.3, 0.4) is 0 Å². The van der Waals surface area contributed by atoms with E-state index < -0.39 is 0 Å². The quantitative estimate of drug-likeness (QED) is 0.914. The first-order valence-electron chi connectivity index (χ1n) is 6.86. The molecular weight excluding hydrogens is 315 g/mol. The average molecular weight is 337 g/mol. The van der Waals surface area contributed by atoms with Crippen molar-refractivity contribution in [2.75, 3.05) is 6.54 Å². The summed E-state index contributed by atoms with van der Waals surface area (Å²) in [5.74, 6) is 0.228. The molecule has 2 N–H and O–H groups in total. The van der Waals surface area contributed by atoms with Gasteiger partial charge in [0.25, 0.3) is 0 Å². The van der Waals surface area contributed by atoms with Crippen molar-refractivity contribution in [1.82, 2.24) is 4.90 Å². The minimum atomic E-state index is 0. The van der Waals surface area contributed by atoms with E-state index in [1.54, 1.807) is 11.3 Å². The number of hydrogen-bond donors (Lipinski definition) is 1. The maximum Gasteiger partial charge on any atom is 0.223 e. The molecule has 0 saturated carbocycles. The minimum Gasteiger partial charge on any atom is -0.338 e. The lowest BCUT2D eigenvalue weighted by Crippen LogP contribution is -2.51. The molecule has 2 atom stereocenters. The lowest BCUT2D eigenvalue weighted by atomic mass is 9.96. The highest BCUT2D eigenvalue weighted by molar-refractivity contribution is 7.10. The number of nitrogens with two attached hydrogens (primary N) is 1. The predicted octanol–water partition coefficient (Wildman–Crippen LogP) is 3.48. The van der Waals surface area contributed by atoms with Gasteiger partial charge < -0.3 is 10.6 Å². The molecule has 2 heterocycles. The van der Waals surface area contributed by atoms with E-state index in [2.05, 4.69) is 0 Å². The maximum atomic E-state index is 12.3. The molecule has 1 saturated heterocycles. The molecule has 1 amide bonds. The summed E-state index contributed by atoms with van der Waals surface area (Å²) in [6, 6.07) is 2.22. The molecule has 1 aromatic heterocycles. The first kappa shape index (κ1) is 17.8. The summed E-state index contributed by atoms with van der Waals surface area (Å²) in [6.45, 7) is 2.85. The van der Waals surface area contributed by atoms with Crippen molar-refractivity contribution < 1.29 is 4.79 Å². The third-order valence-electron chi connectivity index (χ3n) is 3.68. The molecule has 1 aromatic rings. The summed E-state index contributed by atoms with van der Waals surface area (Å²) in [7, 11) is 0. The molecule has 0 aliphatic carbocycles. The fourth-order valence-electron chi connectivity index (χ4n) is 2.67. The molecule has 20 heavy (non-hydrogen) atoms. The van der Waals surface area contributed by atoms with Crippen molar-refractivity contribution in [2.24, 2.45) is 5.73 Å². The number of likely N-dealkylation sites (tertiary alicyclic amines) is 1. The predicted molar refractivity (Wildman–Crippen MR) is 87.9 cm³/mol. The summed E-state index contributed by atoms with van der Waals surface area (Å²) in [4.78, 5) is 15.5. The Labute approximate surface area is 135 Å². The highest BCUT2D eigenvalue weighted by Crippen LogP contribution is 2.23. The standard InChI is InChI=1S/C14H21ClN2OS.ClH/c1-10(16)13-4-2-3-7-17(13)14(18)6-5-12-8-11(15)9-19-12;/h8-10,13H,2-7,16H2,1H3;1H. The molecule has 0 bridgehead atoms. The number of amides is 1. The number of thiophene rings is 1. The fraction of sp³-hybridized carbons (Fsp3) is 0.643. The first-order chi connectivity index (χ1) is 9.08. The Kier molecular flexibility index (Phi) is 7.30. The molecule has 2 unspecified atom stereocenters. The molecular formula is C14H22Cl2N2OS. The molecule has 0 spiro atoms. The van der Waals surface area contributed by atoms with Crippen LogP contribution in [0.25, 0.3) is 0 Å². The Morgan fingerprint density at radius 2 is 2.35 bits per heavy atom. The number of halogens is 2. The van der Waals surface area contributed by atoms with Crippen LogP contribution in [-0.4, -0.2) is 29.4 Å². The maximum absolute atomic E-state index is 12.3. The Morgan fingerprint density at radius 1 is 1.60 bits per heavy atom. The zero-order valence-electron chi connectivity index (χ0n) is 11.7. The van der Waals surface area contributed by atoms with Crippen molar-refractivity contribution in [2.45, 2.75) is 51.1 Å². The van der Waals surface area contributed by atoms with Gasteiger partial charge in [0.2, 0.25) is 5.91 Å². The largest absolute Gasteiger partial charge is 0.338 e. The van der Waals surface area contributed by atoms with Crippen molar-refractivity contribution in [3.05, 3.63) is 21.3 Å². The number of nitrogens with zero attached hydrogens (tertiary/aromatic N) is 1. The van der Waals surface area contributed by atoms with Gasteiger partial charge in [0.05, 0.1) is 5.02 Å². The van der Waals surface area contributed by atoms with Crippen LogP contribution < -0.4 is 5.73 Å². The summed E-state index contributed by atoms with van der Waals surface area (Å²) < 4.78 is 0. The number of carbonyl (C=O) groups excluding carboxylic acids is 1. The van der Waals surface area contributed by atoms with Crippen molar-refractivity contribution in [3.63, 3.8) is 0 Å². The van der Waals surface area contributed by atoms with Crippen LogP contribution in [0.5, 0.6) is 0 Å². The minimum absolute atomic E-state index is 0. The van der Waals surface area contributed by atoms with Gasteiger partial charge in [-0.05, 0) is 38.7 Å². The van der Waals surface area contributed by atoms with Gasteiger partial charge in [-0.2, -0.15) is 0 Å². The number of piperidine rings is 1. The molecule has 114 valence electrons. The van der Waals surface area contributed by atoms with E-state index in [4.69, 9.17) is 17.3 Å². The topological polar surface area (TPSA) is 46.3 Å². The monoisotopic (exact) mass is 336 g/mol. The van der Waals surface area contributed by atoms with Gasteiger partial charge >= 0.3 is 0 Å². The molecule has 3 nitrogen and oxygen atoms in total. The van der Waals surface area contributed by atoms with E-state index in [0.717, 1.165) is 30.8 Å². The van der Waals surface area contributed by atoms with Crippen LogP contribution in [0.15, 0.2) is 11.4 Å². The SMILES string of the molecule is CC(N)C1CCCCN1C(=O)CCc1cc(Cl)cs1.Cl. The van der Waals surface area contributed by atoms with E-state index >= 15 is 0 Å². The molecule has 2 rings (SSSR count). The zero-order valence-corrected chi connectivity index (χ0v) is 14.1. The van der Waals surface area contributed by atoms with Crippen LogP contribution in [0.2, 0.25) is 5.02 Å². The second-order valence-electron chi connectivity index (χ2n) is 5.24. The van der Waals surface area contributed by atoms with Crippen LogP contribution in [0, 0.1) is 0 Å². The van der Waals surface area contributed by atoms with Crippen LogP contribution >= 0.6 is 35.3 Å². The van der Waals surface area contributed by atoms with Crippen LogP contribution in [-0.2, 0) is 11.2 Å². The van der Waals surface area contributed by atoms with Gasteiger partial charge in [-0.3, -0.25) is 4.79 Å². The summed E-state index contributed by atoms with van der Waals surface area (Å²) in [5.41, 5.74) is 6.00. The first-order valence-corrected chi connectivity index (χ1v) is 8.11. The Morgan fingerprint density at radius 3 is 2.95 bits per heavy atom. The van der Waals surface area contributed by atoms with E-state index in [1.165, 1.54) is 11.3 Å². The lowest BCUT2D eigenvalue weighted by Gasteiger charge is -2.38. The Balaban J connectivity index is 0.00000200. The van der Waals surface area contributed by atoms with E-state index in [9.17, 15) is 4.79 Å². The van der Waals surface area contributed by atoms with Gasteiger partial charge in [0.15, 0.2) is 0 Å². The smallest absolute Gasteiger partial charge is 0.223 e. The molecule has 1 fully saturated rings. The fourth-order valence-corrected chi connectivity index (χ4v) is 3.75. The number of carbonyl (C=O) groups is 1. The molecule has 0 radical (unpaired) electrons. The highest BCUT2D eigenvalue weighted by Gasteiger charge is 2.28. The van der Waals surface area contributed by atoms with Gasteiger partial charge in [-0.25, -0.2) is 0 Å². The van der Waals surface area contributed by atoms with Gasteiger partial charge in [-0.1, -0.05) is 11.6 Å². The van der Waals surface area contributed by atoms with E-state index in [0.29, 0.717) is 6.42 Å². The highest BCUT2D eigenvalue weighted by atomic mass is 35.5. The number of hydrogen-bond acceptors (Lipinski definition) is 3. The second kappa shape index (κ2) is 8.23. The molecule has 6 heteroatoms. The van der Waals surface area contributed by atoms with Crippen LogP contribution in [0.1, 0.15) is 37.5 Å². The van der Waals surface area contributed by atoms with Gasteiger partial charge in [0, 0.05) is 35.3 Å². The normalized spacial score (nSPS) is 20.4. The third-order valence-corrected chi connectivity index (χ3v) is 5.03. The zero-order chi connectivity index (χ0) is 13.8. The molecule has 1 aliphatic rings. The number of rotatable bonds is 4. The summed E-state index contributed by atoms with van der Waals surface area (Å²) in [6.07, 6.45) is 4.64. The summed E-state index contributed by atoms with van der Waals surface area (Å²) >= 11 is 7.51. The summed E-state index contributed by atoms with van der Waals surface area (Å²) in [5, 5.41) is 2.67. The van der Waals surface area contributed by atoms with Crippen molar-refractivity contribution in [3.8, 4) is 0 Å².